The lowest BCUT2D eigenvalue weighted by molar-refractivity contribution is 0.160. The Morgan fingerprint density at radius 1 is 1.07 bits per heavy atom. The van der Waals surface area contributed by atoms with Crippen LogP contribution in [0.2, 0.25) is 0 Å². The Bertz CT molecular complexity index is 120. The SMILES string of the molecule is CCCNCCCCCN(C)CCOC. The van der Waals surface area contributed by atoms with E-state index in [4.69, 9.17) is 4.74 Å². The fourth-order valence-electron chi connectivity index (χ4n) is 1.47. The monoisotopic (exact) mass is 216 g/mol. The quantitative estimate of drug-likeness (QED) is 0.532. The molecule has 92 valence electrons. The van der Waals surface area contributed by atoms with Gasteiger partial charge in [0.2, 0.25) is 0 Å². The molecule has 0 amide bonds. The van der Waals surface area contributed by atoms with Gasteiger partial charge in [-0.2, -0.15) is 0 Å². The lowest BCUT2D eigenvalue weighted by atomic mass is 10.2. The van der Waals surface area contributed by atoms with Gasteiger partial charge in [0.05, 0.1) is 6.61 Å². The van der Waals surface area contributed by atoms with Gasteiger partial charge in [0.1, 0.15) is 0 Å². The molecular formula is C12H28N2O. The van der Waals surface area contributed by atoms with Crippen molar-refractivity contribution in [2.45, 2.75) is 32.6 Å². The van der Waals surface area contributed by atoms with Crippen molar-refractivity contribution in [3.8, 4) is 0 Å². The van der Waals surface area contributed by atoms with Gasteiger partial charge in [-0.3, -0.25) is 0 Å². The van der Waals surface area contributed by atoms with Crippen LogP contribution in [-0.4, -0.2) is 51.8 Å². The maximum absolute atomic E-state index is 5.03. The third-order valence-corrected chi connectivity index (χ3v) is 2.50. The van der Waals surface area contributed by atoms with E-state index in [0.717, 1.165) is 19.7 Å². The standard InChI is InChI=1S/C12H28N2O/c1-4-8-13-9-6-5-7-10-14(2)11-12-15-3/h13H,4-12H2,1-3H3. The maximum atomic E-state index is 5.03. The van der Waals surface area contributed by atoms with Gasteiger partial charge in [0.15, 0.2) is 0 Å². The molecule has 0 aromatic heterocycles. The Balaban J connectivity index is 3.02. The molecule has 0 atom stereocenters. The van der Waals surface area contributed by atoms with Crippen molar-refractivity contribution < 1.29 is 4.74 Å². The van der Waals surface area contributed by atoms with Crippen molar-refractivity contribution in [3.63, 3.8) is 0 Å². The molecule has 1 N–H and O–H groups in total. The summed E-state index contributed by atoms with van der Waals surface area (Å²) in [6.07, 6.45) is 5.17. The first-order chi connectivity index (χ1) is 7.31. The van der Waals surface area contributed by atoms with Crippen LogP contribution in [0.5, 0.6) is 0 Å². The number of rotatable bonds is 11. The molecule has 3 nitrogen and oxygen atoms in total. The number of hydrogen-bond acceptors (Lipinski definition) is 3. The molecule has 0 aliphatic heterocycles. The molecule has 0 saturated heterocycles. The molecule has 0 saturated carbocycles. The number of hydrogen-bond donors (Lipinski definition) is 1. The molecule has 0 bridgehead atoms. The first kappa shape index (κ1) is 14.9. The van der Waals surface area contributed by atoms with Crippen LogP contribution in [0.15, 0.2) is 0 Å². The summed E-state index contributed by atoms with van der Waals surface area (Å²) < 4.78 is 5.03. The van der Waals surface area contributed by atoms with Crippen LogP contribution in [0.4, 0.5) is 0 Å². The van der Waals surface area contributed by atoms with E-state index in [9.17, 15) is 0 Å². The fraction of sp³-hybridized carbons (Fsp3) is 1.00. The van der Waals surface area contributed by atoms with Crippen LogP contribution in [0, 0.1) is 0 Å². The summed E-state index contributed by atoms with van der Waals surface area (Å²) in [5.74, 6) is 0. The number of nitrogens with zero attached hydrogens (tertiary/aromatic N) is 1. The highest BCUT2D eigenvalue weighted by Gasteiger charge is 1.96. The van der Waals surface area contributed by atoms with E-state index in [1.807, 2.05) is 0 Å². The molecule has 0 aliphatic rings. The summed E-state index contributed by atoms with van der Waals surface area (Å²) in [5.41, 5.74) is 0. The van der Waals surface area contributed by atoms with Crippen molar-refractivity contribution in [1.82, 2.24) is 10.2 Å². The van der Waals surface area contributed by atoms with E-state index >= 15 is 0 Å². The van der Waals surface area contributed by atoms with E-state index < -0.39 is 0 Å². The number of likely N-dealkylation sites (N-methyl/N-ethyl adjacent to an activating group) is 1. The second kappa shape index (κ2) is 12.0. The van der Waals surface area contributed by atoms with Crippen LogP contribution in [0.25, 0.3) is 0 Å². The predicted molar refractivity (Wildman–Crippen MR) is 66.4 cm³/mol. The Kier molecular flexibility index (Phi) is 11.9. The molecule has 0 fully saturated rings. The molecule has 0 spiro atoms. The van der Waals surface area contributed by atoms with Gasteiger partial charge < -0.3 is 15.0 Å². The van der Waals surface area contributed by atoms with Gasteiger partial charge in [-0.1, -0.05) is 13.3 Å². The lowest BCUT2D eigenvalue weighted by Crippen LogP contribution is -2.24. The van der Waals surface area contributed by atoms with E-state index in [0.29, 0.717) is 0 Å². The third-order valence-electron chi connectivity index (χ3n) is 2.50. The van der Waals surface area contributed by atoms with Crippen molar-refractivity contribution in [2.75, 3.05) is 46.9 Å². The second-order valence-corrected chi connectivity index (χ2v) is 4.11. The zero-order valence-electron chi connectivity index (χ0n) is 10.7. The van der Waals surface area contributed by atoms with Crippen LogP contribution in [0.1, 0.15) is 32.6 Å². The van der Waals surface area contributed by atoms with Gasteiger partial charge in [0.25, 0.3) is 0 Å². The molecule has 0 rings (SSSR count). The van der Waals surface area contributed by atoms with Crippen LogP contribution >= 0.6 is 0 Å². The molecule has 0 aromatic carbocycles. The highest BCUT2D eigenvalue weighted by Crippen LogP contribution is 1.96. The summed E-state index contributed by atoms with van der Waals surface area (Å²) in [7, 11) is 3.92. The van der Waals surface area contributed by atoms with E-state index in [2.05, 4.69) is 24.2 Å². The topological polar surface area (TPSA) is 24.5 Å². The minimum absolute atomic E-state index is 0.842. The van der Waals surface area contributed by atoms with Gasteiger partial charge >= 0.3 is 0 Å². The second-order valence-electron chi connectivity index (χ2n) is 4.11. The maximum Gasteiger partial charge on any atom is 0.0589 e. The third kappa shape index (κ3) is 11.8. The Hall–Kier alpha value is -0.120. The first-order valence-electron chi connectivity index (χ1n) is 6.19. The van der Waals surface area contributed by atoms with Crippen molar-refractivity contribution in [1.29, 1.82) is 0 Å². The molecule has 15 heavy (non-hydrogen) atoms. The first-order valence-corrected chi connectivity index (χ1v) is 6.19. The Labute approximate surface area is 95.2 Å². The van der Waals surface area contributed by atoms with Gasteiger partial charge in [-0.15, -0.1) is 0 Å². The smallest absolute Gasteiger partial charge is 0.0589 e. The molecule has 0 aromatic rings. The van der Waals surface area contributed by atoms with Crippen molar-refractivity contribution in [3.05, 3.63) is 0 Å². The van der Waals surface area contributed by atoms with Crippen LogP contribution in [0.3, 0.4) is 0 Å². The summed E-state index contributed by atoms with van der Waals surface area (Å²) in [6.45, 7) is 7.62. The fourth-order valence-corrected chi connectivity index (χ4v) is 1.47. The van der Waals surface area contributed by atoms with Crippen molar-refractivity contribution >= 4 is 0 Å². The molecule has 0 aliphatic carbocycles. The summed E-state index contributed by atoms with van der Waals surface area (Å²) in [5, 5.41) is 3.42. The summed E-state index contributed by atoms with van der Waals surface area (Å²) in [4.78, 5) is 2.34. The van der Waals surface area contributed by atoms with Crippen LogP contribution in [-0.2, 0) is 4.74 Å². The largest absolute Gasteiger partial charge is 0.383 e. The zero-order valence-corrected chi connectivity index (χ0v) is 10.7. The summed E-state index contributed by atoms with van der Waals surface area (Å²) >= 11 is 0. The molecule has 0 heterocycles. The Morgan fingerprint density at radius 3 is 2.53 bits per heavy atom. The van der Waals surface area contributed by atoms with Crippen molar-refractivity contribution in [2.24, 2.45) is 0 Å². The number of ether oxygens (including phenoxy) is 1. The van der Waals surface area contributed by atoms with E-state index in [-0.39, 0.29) is 0 Å². The lowest BCUT2D eigenvalue weighted by Gasteiger charge is -2.15. The summed E-state index contributed by atoms with van der Waals surface area (Å²) in [6, 6.07) is 0. The zero-order chi connectivity index (χ0) is 11.4. The molecule has 0 unspecified atom stereocenters. The van der Waals surface area contributed by atoms with Gasteiger partial charge in [0, 0.05) is 13.7 Å². The average molecular weight is 216 g/mol. The van der Waals surface area contributed by atoms with E-state index in [1.165, 1.54) is 38.8 Å². The highest BCUT2D eigenvalue weighted by atomic mass is 16.5. The van der Waals surface area contributed by atoms with E-state index in [1.54, 1.807) is 7.11 Å². The van der Waals surface area contributed by atoms with Gasteiger partial charge in [-0.25, -0.2) is 0 Å². The molecule has 0 radical (unpaired) electrons. The average Bonchev–Trinajstić information content (AvgIpc) is 2.25. The predicted octanol–water partition coefficient (Wildman–Crippen LogP) is 1.73. The minimum atomic E-state index is 0.842. The minimum Gasteiger partial charge on any atom is -0.383 e. The number of unbranched alkanes of at least 4 members (excludes halogenated alkanes) is 2. The van der Waals surface area contributed by atoms with Crippen LogP contribution < -0.4 is 5.32 Å². The Morgan fingerprint density at radius 2 is 1.87 bits per heavy atom. The molecule has 3 heteroatoms. The normalized spacial score (nSPS) is 11.2. The number of methoxy groups -OCH3 is 1. The van der Waals surface area contributed by atoms with Gasteiger partial charge in [-0.05, 0) is 45.9 Å². The highest BCUT2D eigenvalue weighted by molar-refractivity contribution is 4.53. The number of nitrogens with one attached hydrogen (secondary N) is 1. The molecular weight excluding hydrogens is 188 g/mol.